The highest BCUT2D eigenvalue weighted by Crippen LogP contribution is 2.23. The first-order valence-corrected chi connectivity index (χ1v) is 12.1. The SMILES string of the molecule is C[C@@H](N[C@@H]1COCC[C@@H](CCCCOC(N)=O)C1)[Si](C)(C)C. The summed E-state index contributed by atoms with van der Waals surface area (Å²) >= 11 is 0. The quantitative estimate of drug-likeness (QED) is 0.530. The Morgan fingerprint density at radius 3 is 2.77 bits per heavy atom. The van der Waals surface area contributed by atoms with Crippen LogP contribution in [-0.4, -0.2) is 45.7 Å². The normalized spacial score (nSPS) is 24.5. The highest BCUT2D eigenvalue weighted by Gasteiger charge is 2.27. The molecular formula is C16H34N2O3Si. The van der Waals surface area contributed by atoms with Crippen molar-refractivity contribution in [3.63, 3.8) is 0 Å². The smallest absolute Gasteiger partial charge is 0.404 e. The summed E-state index contributed by atoms with van der Waals surface area (Å²) < 4.78 is 10.6. The summed E-state index contributed by atoms with van der Waals surface area (Å²) in [4.78, 5) is 10.5. The number of nitrogens with one attached hydrogen (secondary N) is 1. The molecule has 0 bridgehead atoms. The average Bonchev–Trinajstić information content (AvgIpc) is 2.62. The van der Waals surface area contributed by atoms with Crippen molar-refractivity contribution in [2.45, 2.75) is 70.4 Å². The molecule has 1 fully saturated rings. The van der Waals surface area contributed by atoms with Crippen molar-refractivity contribution in [1.82, 2.24) is 5.32 Å². The van der Waals surface area contributed by atoms with Crippen LogP contribution in [0.2, 0.25) is 19.6 Å². The molecular weight excluding hydrogens is 296 g/mol. The highest BCUT2D eigenvalue weighted by atomic mass is 28.3. The number of primary amides is 1. The Balaban J connectivity index is 2.31. The number of amides is 1. The minimum absolute atomic E-state index is 0.437. The molecule has 3 N–H and O–H groups in total. The molecule has 0 spiro atoms. The maximum atomic E-state index is 10.5. The van der Waals surface area contributed by atoms with Crippen molar-refractivity contribution in [3.8, 4) is 0 Å². The summed E-state index contributed by atoms with van der Waals surface area (Å²) in [6, 6.07) is 0.469. The summed E-state index contributed by atoms with van der Waals surface area (Å²) in [6.07, 6.45) is 4.79. The molecule has 5 nitrogen and oxygen atoms in total. The van der Waals surface area contributed by atoms with Gasteiger partial charge in [-0.25, -0.2) is 4.79 Å². The van der Waals surface area contributed by atoms with Crippen LogP contribution in [0.1, 0.15) is 39.0 Å². The van der Waals surface area contributed by atoms with Crippen LogP contribution in [0.5, 0.6) is 0 Å². The van der Waals surface area contributed by atoms with Crippen molar-refractivity contribution in [3.05, 3.63) is 0 Å². The maximum Gasteiger partial charge on any atom is 0.404 e. The Morgan fingerprint density at radius 2 is 2.14 bits per heavy atom. The summed E-state index contributed by atoms with van der Waals surface area (Å²) in [5.41, 5.74) is 5.56. The molecule has 0 saturated carbocycles. The Bertz CT molecular complexity index is 334. The Hall–Kier alpha value is -0.593. The lowest BCUT2D eigenvalue weighted by molar-refractivity contribution is 0.124. The molecule has 1 rings (SSSR count). The fraction of sp³-hybridized carbons (Fsp3) is 0.938. The molecule has 0 radical (unpaired) electrons. The van der Waals surface area contributed by atoms with Gasteiger partial charge >= 0.3 is 6.09 Å². The number of unbranched alkanes of at least 4 members (excludes halogenated alkanes) is 1. The Morgan fingerprint density at radius 1 is 1.41 bits per heavy atom. The van der Waals surface area contributed by atoms with Crippen molar-refractivity contribution in [1.29, 1.82) is 0 Å². The summed E-state index contributed by atoms with van der Waals surface area (Å²) in [7, 11) is -1.16. The molecule has 1 saturated heterocycles. The van der Waals surface area contributed by atoms with Gasteiger partial charge in [-0.15, -0.1) is 0 Å². The predicted octanol–water partition coefficient (Wildman–Crippen LogP) is 2.90. The van der Waals surface area contributed by atoms with E-state index in [0.717, 1.165) is 32.5 Å². The van der Waals surface area contributed by atoms with Gasteiger partial charge in [0.15, 0.2) is 0 Å². The molecule has 3 atom stereocenters. The van der Waals surface area contributed by atoms with Gasteiger partial charge in [0.1, 0.15) is 0 Å². The van der Waals surface area contributed by atoms with Crippen LogP contribution in [0.15, 0.2) is 0 Å². The molecule has 0 aromatic carbocycles. The van der Waals surface area contributed by atoms with E-state index in [0.29, 0.717) is 24.2 Å². The zero-order valence-electron chi connectivity index (χ0n) is 14.7. The van der Waals surface area contributed by atoms with Crippen LogP contribution in [-0.2, 0) is 9.47 Å². The zero-order valence-corrected chi connectivity index (χ0v) is 15.7. The van der Waals surface area contributed by atoms with Crippen LogP contribution < -0.4 is 11.1 Å². The lowest BCUT2D eigenvalue weighted by Gasteiger charge is -2.31. The fourth-order valence-corrected chi connectivity index (χ4v) is 3.49. The number of hydrogen-bond donors (Lipinski definition) is 2. The molecule has 1 amide bonds. The van der Waals surface area contributed by atoms with E-state index in [9.17, 15) is 4.79 Å². The maximum absolute atomic E-state index is 10.5. The first-order valence-electron chi connectivity index (χ1n) is 8.55. The van der Waals surface area contributed by atoms with Crippen LogP contribution in [0, 0.1) is 5.92 Å². The van der Waals surface area contributed by atoms with Crippen LogP contribution >= 0.6 is 0 Å². The number of carbonyl (C=O) groups is 1. The van der Waals surface area contributed by atoms with Gasteiger partial charge in [0.25, 0.3) is 0 Å². The van der Waals surface area contributed by atoms with Crippen molar-refractivity contribution in [2.75, 3.05) is 19.8 Å². The molecule has 0 aliphatic carbocycles. The molecule has 1 heterocycles. The van der Waals surface area contributed by atoms with Crippen LogP contribution in [0.25, 0.3) is 0 Å². The second-order valence-corrected chi connectivity index (χ2v) is 13.2. The van der Waals surface area contributed by atoms with Gasteiger partial charge in [-0.1, -0.05) is 33.0 Å². The van der Waals surface area contributed by atoms with Gasteiger partial charge in [0.2, 0.25) is 0 Å². The summed E-state index contributed by atoms with van der Waals surface area (Å²) in [5, 5.41) is 3.80. The van der Waals surface area contributed by atoms with E-state index >= 15 is 0 Å². The lowest BCUT2D eigenvalue weighted by atomic mass is 9.92. The van der Waals surface area contributed by atoms with Gasteiger partial charge in [0.05, 0.1) is 21.3 Å². The van der Waals surface area contributed by atoms with E-state index in [1.165, 1.54) is 12.8 Å². The monoisotopic (exact) mass is 330 g/mol. The van der Waals surface area contributed by atoms with E-state index < -0.39 is 14.2 Å². The van der Waals surface area contributed by atoms with Crippen molar-refractivity contribution in [2.24, 2.45) is 11.7 Å². The molecule has 6 heteroatoms. The standard InChI is InChI=1S/C16H34N2O3Si/c1-13(22(2,3)4)18-15-11-14(8-10-20-12-15)7-5-6-9-21-16(17)19/h13-15,18H,5-12H2,1-4H3,(H2,17,19)/t13-,14+,15-/m0/s1. The van der Waals surface area contributed by atoms with Gasteiger partial charge in [-0.2, -0.15) is 0 Å². The molecule has 1 aliphatic rings. The molecule has 1 aliphatic heterocycles. The topological polar surface area (TPSA) is 73.6 Å². The number of hydrogen-bond acceptors (Lipinski definition) is 4. The Labute approximate surface area is 136 Å². The van der Waals surface area contributed by atoms with Crippen LogP contribution in [0.3, 0.4) is 0 Å². The first kappa shape index (κ1) is 19.5. The van der Waals surface area contributed by atoms with E-state index in [1.54, 1.807) is 0 Å². The number of rotatable bonds is 8. The minimum atomic E-state index is -1.16. The van der Waals surface area contributed by atoms with Crippen molar-refractivity contribution < 1.29 is 14.3 Å². The molecule has 0 unspecified atom stereocenters. The zero-order chi connectivity index (χ0) is 16.6. The molecule has 130 valence electrons. The van der Waals surface area contributed by atoms with E-state index in [2.05, 4.69) is 31.9 Å². The van der Waals surface area contributed by atoms with Gasteiger partial charge in [0, 0.05) is 12.6 Å². The third-order valence-corrected chi connectivity index (χ3v) is 7.41. The van der Waals surface area contributed by atoms with Crippen molar-refractivity contribution >= 4 is 14.2 Å². The highest BCUT2D eigenvalue weighted by molar-refractivity contribution is 6.77. The summed E-state index contributed by atoms with van der Waals surface area (Å²) in [6.45, 7) is 11.6. The third-order valence-electron chi connectivity index (χ3n) is 4.64. The van der Waals surface area contributed by atoms with E-state index in [-0.39, 0.29) is 0 Å². The molecule has 22 heavy (non-hydrogen) atoms. The lowest BCUT2D eigenvalue weighted by Crippen LogP contribution is -2.51. The van der Waals surface area contributed by atoms with Crippen LogP contribution in [0.4, 0.5) is 4.79 Å². The third kappa shape index (κ3) is 8.15. The predicted molar refractivity (Wildman–Crippen MR) is 92.7 cm³/mol. The van der Waals surface area contributed by atoms with E-state index in [4.69, 9.17) is 15.2 Å². The number of ether oxygens (including phenoxy) is 2. The first-order chi connectivity index (χ1) is 10.3. The summed E-state index contributed by atoms with van der Waals surface area (Å²) in [5.74, 6) is 0.697. The fourth-order valence-electron chi connectivity index (χ4n) is 2.75. The molecule has 0 aromatic heterocycles. The largest absolute Gasteiger partial charge is 0.450 e. The second kappa shape index (κ2) is 9.52. The minimum Gasteiger partial charge on any atom is -0.450 e. The molecule has 0 aromatic rings. The number of carbonyl (C=O) groups excluding carboxylic acids is 1. The second-order valence-electron chi connectivity index (χ2n) is 7.58. The average molecular weight is 331 g/mol. The Kier molecular flexibility index (Phi) is 8.42. The number of nitrogens with two attached hydrogens (primary N) is 1. The van der Waals surface area contributed by atoms with Gasteiger partial charge in [-0.3, -0.25) is 0 Å². The van der Waals surface area contributed by atoms with Gasteiger partial charge in [-0.05, 0) is 37.3 Å². The van der Waals surface area contributed by atoms with Gasteiger partial charge < -0.3 is 20.5 Å². The van der Waals surface area contributed by atoms with E-state index in [1.807, 2.05) is 0 Å².